The minimum Gasteiger partial charge on any atom is -0.520 e. The van der Waals surface area contributed by atoms with Gasteiger partial charge in [-0.2, -0.15) is 0 Å². The molecule has 168 valence electrons. The van der Waals surface area contributed by atoms with Crippen LogP contribution in [-0.2, 0) is 23.1 Å². The first-order valence-corrected chi connectivity index (χ1v) is 18.2. The largest absolute Gasteiger partial charge is 0.520 e. The molecule has 0 bridgehead atoms. The monoisotopic (exact) mass is 468 g/mol. The molecule has 2 rings (SSSR count). The molecule has 0 aromatic heterocycles. The van der Waals surface area contributed by atoms with Gasteiger partial charge in [0.15, 0.2) is 19.9 Å². The van der Waals surface area contributed by atoms with Crippen LogP contribution in [0.3, 0.4) is 0 Å². The molecule has 2 unspecified atom stereocenters. The molecule has 1 aliphatic rings. The maximum Gasteiger partial charge on any atom is 0.268 e. The third kappa shape index (κ3) is 8.97. The van der Waals surface area contributed by atoms with Crippen molar-refractivity contribution in [3.8, 4) is 0 Å². The van der Waals surface area contributed by atoms with Crippen LogP contribution in [0.2, 0.25) is 39.3 Å². The Balaban J connectivity index is 2.03. The summed E-state index contributed by atoms with van der Waals surface area (Å²) in [5.41, 5.74) is 0. The molecule has 1 aromatic rings. The fraction of sp³-hybridized carbons (Fsp3) is 0.591. The molecule has 2 atom stereocenters. The standard InChI is InChI=1S/C22H36O5SSi2/c1-24-21(26-29(2,3)4)16-18(23)15-19-13-14-22(25-19,27-30(5,6)7)17-28-20-11-9-8-10-12-20/h8-12,16,19H,13-15,17H2,1-7H3/b21-16-. The van der Waals surface area contributed by atoms with Gasteiger partial charge in [0.2, 0.25) is 8.32 Å². The van der Waals surface area contributed by atoms with Gasteiger partial charge in [-0.3, -0.25) is 4.79 Å². The summed E-state index contributed by atoms with van der Waals surface area (Å²) in [6, 6.07) is 10.3. The van der Waals surface area contributed by atoms with E-state index >= 15 is 0 Å². The smallest absolute Gasteiger partial charge is 0.268 e. The van der Waals surface area contributed by atoms with Gasteiger partial charge in [-0.05, 0) is 57.8 Å². The number of hydrogen-bond donors (Lipinski definition) is 0. The highest BCUT2D eigenvalue weighted by Crippen LogP contribution is 2.39. The van der Waals surface area contributed by atoms with Crippen molar-refractivity contribution in [2.24, 2.45) is 0 Å². The maximum absolute atomic E-state index is 12.6. The van der Waals surface area contributed by atoms with Crippen LogP contribution in [0.15, 0.2) is 47.2 Å². The molecule has 0 aliphatic carbocycles. The summed E-state index contributed by atoms with van der Waals surface area (Å²) in [7, 11) is -2.14. The summed E-state index contributed by atoms with van der Waals surface area (Å²) in [5, 5.41) is 0. The summed E-state index contributed by atoms with van der Waals surface area (Å²) in [6.45, 7) is 12.7. The van der Waals surface area contributed by atoms with E-state index in [1.165, 1.54) is 18.1 Å². The number of thioether (sulfide) groups is 1. The van der Waals surface area contributed by atoms with Crippen molar-refractivity contribution in [1.82, 2.24) is 0 Å². The lowest BCUT2D eigenvalue weighted by atomic mass is 10.1. The first-order chi connectivity index (χ1) is 13.9. The van der Waals surface area contributed by atoms with Crippen LogP contribution in [0.5, 0.6) is 0 Å². The van der Waals surface area contributed by atoms with Crippen LogP contribution in [0.4, 0.5) is 0 Å². The van der Waals surface area contributed by atoms with Crippen molar-refractivity contribution >= 4 is 34.2 Å². The van der Waals surface area contributed by atoms with Gasteiger partial charge in [0.25, 0.3) is 5.95 Å². The Labute approximate surface area is 187 Å². The van der Waals surface area contributed by atoms with Crippen LogP contribution in [0.25, 0.3) is 0 Å². The lowest BCUT2D eigenvalue weighted by Crippen LogP contribution is -2.45. The highest BCUT2D eigenvalue weighted by Gasteiger charge is 2.44. The van der Waals surface area contributed by atoms with Gasteiger partial charge in [-0.1, -0.05) is 18.2 Å². The number of rotatable bonds is 11. The summed E-state index contributed by atoms with van der Waals surface area (Å²) in [6.07, 6.45) is 3.19. The Morgan fingerprint density at radius 1 is 1.17 bits per heavy atom. The number of carbonyl (C=O) groups is 1. The molecular formula is C22H36O5SSi2. The van der Waals surface area contributed by atoms with E-state index in [0.717, 1.165) is 12.8 Å². The van der Waals surface area contributed by atoms with E-state index in [0.29, 0.717) is 18.1 Å². The zero-order valence-corrected chi connectivity index (χ0v) is 22.1. The Hall–Kier alpha value is -1.07. The molecule has 0 spiro atoms. The average molecular weight is 469 g/mol. The molecule has 0 amide bonds. The highest BCUT2D eigenvalue weighted by atomic mass is 32.2. The maximum atomic E-state index is 12.6. The number of benzene rings is 1. The minimum absolute atomic E-state index is 0.0467. The molecule has 1 aliphatic heterocycles. The molecule has 1 saturated heterocycles. The summed E-state index contributed by atoms with van der Waals surface area (Å²) in [5.74, 6) is 0.318. The van der Waals surface area contributed by atoms with Gasteiger partial charge < -0.3 is 18.3 Å². The normalized spacial score (nSPS) is 22.8. The van der Waals surface area contributed by atoms with Gasteiger partial charge in [-0.25, -0.2) is 0 Å². The van der Waals surface area contributed by atoms with Crippen molar-refractivity contribution in [2.45, 2.75) is 75.3 Å². The van der Waals surface area contributed by atoms with E-state index in [-0.39, 0.29) is 11.9 Å². The molecular weight excluding hydrogens is 432 g/mol. The Bertz CT molecular complexity index is 727. The molecule has 1 fully saturated rings. The minimum atomic E-state index is -1.84. The van der Waals surface area contributed by atoms with Gasteiger partial charge >= 0.3 is 0 Å². The quantitative estimate of drug-likeness (QED) is 0.177. The van der Waals surface area contributed by atoms with Crippen molar-refractivity contribution < 1.29 is 23.1 Å². The number of methoxy groups -OCH3 is 1. The Kier molecular flexibility index (Phi) is 8.82. The van der Waals surface area contributed by atoms with E-state index in [4.69, 9.17) is 18.3 Å². The SMILES string of the molecule is CO/C(=C/C(=O)CC1CCC(CSc2ccccc2)(O[Si](C)(C)C)O1)O[Si](C)(C)C. The van der Waals surface area contributed by atoms with Crippen molar-refractivity contribution in [3.05, 3.63) is 42.4 Å². The van der Waals surface area contributed by atoms with E-state index in [2.05, 4.69) is 51.4 Å². The lowest BCUT2D eigenvalue weighted by Gasteiger charge is -2.35. The number of hydrogen-bond acceptors (Lipinski definition) is 6. The van der Waals surface area contributed by atoms with Crippen LogP contribution in [0.1, 0.15) is 19.3 Å². The van der Waals surface area contributed by atoms with Gasteiger partial charge in [0, 0.05) is 17.7 Å². The highest BCUT2D eigenvalue weighted by molar-refractivity contribution is 7.99. The Morgan fingerprint density at radius 3 is 2.40 bits per heavy atom. The topological polar surface area (TPSA) is 54.0 Å². The summed E-state index contributed by atoms with van der Waals surface area (Å²) >= 11 is 1.74. The third-order valence-electron chi connectivity index (χ3n) is 4.24. The fourth-order valence-electron chi connectivity index (χ4n) is 3.27. The summed E-state index contributed by atoms with van der Waals surface area (Å²) < 4.78 is 24.0. The second kappa shape index (κ2) is 10.5. The Morgan fingerprint density at radius 2 is 1.83 bits per heavy atom. The molecule has 30 heavy (non-hydrogen) atoms. The molecule has 0 saturated carbocycles. The second-order valence-electron chi connectivity index (χ2n) is 9.56. The second-order valence-corrected chi connectivity index (χ2v) is 19.5. The van der Waals surface area contributed by atoms with E-state index in [1.54, 1.807) is 11.8 Å². The molecule has 8 heteroatoms. The van der Waals surface area contributed by atoms with Crippen molar-refractivity contribution in [3.63, 3.8) is 0 Å². The van der Waals surface area contributed by atoms with Crippen LogP contribution in [0, 0.1) is 0 Å². The molecule has 0 radical (unpaired) electrons. The molecule has 1 heterocycles. The predicted octanol–water partition coefficient (Wildman–Crippen LogP) is 5.80. The predicted molar refractivity (Wildman–Crippen MR) is 128 cm³/mol. The first-order valence-electron chi connectivity index (χ1n) is 10.4. The van der Waals surface area contributed by atoms with E-state index < -0.39 is 22.4 Å². The zero-order chi connectivity index (χ0) is 22.4. The molecule has 1 aromatic carbocycles. The summed E-state index contributed by atoms with van der Waals surface area (Å²) in [4.78, 5) is 13.8. The lowest BCUT2D eigenvalue weighted by molar-refractivity contribution is -0.163. The van der Waals surface area contributed by atoms with Crippen LogP contribution < -0.4 is 0 Å². The van der Waals surface area contributed by atoms with Crippen molar-refractivity contribution in [2.75, 3.05) is 12.9 Å². The fourth-order valence-corrected chi connectivity index (χ4v) is 6.47. The van der Waals surface area contributed by atoms with E-state index in [9.17, 15) is 4.79 Å². The van der Waals surface area contributed by atoms with Crippen LogP contribution >= 0.6 is 11.8 Å². The third-order valence-corrected chi connectivity index (χ3v) is 7.23. The number of ether oxygens (including phenoxy) is 2. The number of allylic oxidation sites excluding steroid dienone is 1. The molecule has 5 nitrogen and oxygen atoms in total. The first kappa shape index (κ1) is 25.2. The zero-order valence-electron chi connectivity index (χ0n) is 19.3. The van der Waals surface area contributed by atoms with Gasteiger partial charge in [0.05, 0.1) is 25.0 Å². The average Bonchev–Trinajstić information content (AvgIpc) is 3.00. The molecule has 0 N–H and O–H groups in total. The van der Waals surface area contributed by atoms with E-state index in [1.807, 2.05) is 18.2 Å². The van der Waals surface area contributed by atoms with Crippen LogP contribution in [-0.4, -0.2) is 47.2 Å². The van der Waals surface area contributed by atoms with Crippen molar-refractivity contribution in [1.29, 1.82) is 0 Å². The van der Waals surface area contributed by atoms with Gasteiger partial charge in [-0.15, -0.1) is 11.8 Å². The number of ketones is 1. The van der Waals surface area contributed by atoms with Gasteiger partial charge in [0.1, 0.15) is 0 Å². The number of carbonyl (C=O) groups excluding carboxylic acids is 1.